The summed E-state index contributed by atoms with van der Waals surface area (Å²) in [4.78, 5) is 3.90. The topological polar surface area (TPSA) is 42.4 Å². The van der Waals surface area contributed by atoms with Crippen molar-refractivity contribution in [2.45, 2.75) is 20.0 Å². The van der Waals surface area contributed by atoms with Gasteiger partial charge >= 0.3 is 0 Å². The van der Waals surface area contributed by atoms with E-state index in [-0.39, 0.29) is 5.82 Å². The van der Waals surface area contributed by atoms with Crippen LogP contribution in [0.3, 0.4) is 0 Å². The van der Waals surface area contributed by atoms with E-state index in [2.05, 4.69) is 4.98 Å². The second-order valence-electron chi connectivity index (χ2n) is 4.26. The normalized spacial score (nSPS) is 12.3. The molecule has 0 amide bonds. The number of aryl methyl sites for hydroxylation is 1. The third-order valence-electron chi connectivity index (χ3n) is 2.65. The maximum Gasteiger partial charge on any atom is 0.147 e. The molecule has 3 nitrogen and oxygen atoms in total. The van der Waals surface area contributed by atoms with E-state index in [0.717, 1.165) is 0 Å². The average Bonchev–Trinajstić information content (AvgIpc) is 2.33. The van der Waals surface area contributed by atoms with Crippen LogP contribution in [-0.4, -0.2) is 10.1 Å². The van der Waals surface area contributed by atoms with Gasteiger partial charge in [0.05, 0.1) is 17.3 Å². The van der Waals surface area contributed by atoms with Crippen LogP contribution in [-0.2, 0) is 0 Å². The van der Waals surface area contributed by atoms with Crippen LogP contribution in [0.5, 0.6) is 11.5 Å². The number of rotatable bonds is 3. The molecule has 0 aliphatic heterocycles. The van der Waals surface area contributed by atoms with E-state index in [1.54, 1.807) is 19.9 Å². The van der Waals surface area contributed by atoms with Crippen LogP contribution in [0.4, 0.5) is 4.39 Å². The van der Waals surface area contributed by atoms with Gasteiger partial charge in [-0.25, -0.2) is 4.39 Å². The van der Waals surface area contributed by atoms with Gasteiger partial charge in [0.1, 0.15) is 17.3 Å². The molecule has 0 aliphatic rings. The standard InChI is InChI=1S/C14H13ClFNO2/c1-8-3-14(12(9(2)18)5-13(8)16)19-11-4-10(15)6-17-7-11/h3-7,9,18H,1-2H3. The lowest BCUT2D eigenvalue weighted by Crippen LogP contribution is -1.99. The first kappa shape index (κ1) is 13.8. The highest BCUT2D eigenvalue weighted by molar-refractivity contribution is 6.30. The van der Waals surface area contributed by atoms with E-state index in [9.17, 15) is 9.50 Å². The Bertz CT molecular complexity index is 602. The van der Waals surface area contributed by atoms with Crippen LogP contribution >= 0.6 is 11.6 Å². The van der Waals surface area contributed by atoms with Crippen LogP contribution in [0.15, 0.2) is 30.6 Å². The Morgan fingerprint density at radius 3 is 2.68 bits per heavy atom. The van der Waals surface area contributed by atoms with E-state index in [0.29, 0.717) is 27.6 Å². The maximum absolute atomic E-state index is 13.5. The fourth-order valence-electron chi connectivity index (χ4n) is 1.66. The van der Waals surface area contributed by atoms with E-state index in [4.69, 9.17) is 16.3 Å². The van der Waals surface area contributed by atoms with Crippen LogP contribution in [0.1, 0.15) is 24.2 Å². The molecule has 0 spiro atoms. The molecular weight excluding hydrogens is 269 g/mol. The summed E-state index contributed by atoms with van der Waals surface area (Å²) in [6.45, 7) is 3.18. The van der Waals surface area contributed by atoms with Crippen molar-refractivity contribution in [2.24, 2.45) is 0 Å². The van der Waals surface area contributed by atoms with Crippen LogP contribution in [0.25, 0.3) is 0 Å². The van der Waals surface area contributed by atoms with Gasteiger partial charge in [-0.2, -0.15) is 0 Å². The Labute approximate surface area is 115 Å². The van der Waals surface area contributed by atoms with E-state index in [1.165, 1.54) is 24.5 Å². The smallest absolute Gasteiger partial charge is 0.147 e. The SMILES string of the molecule is Cc1cc(Oc2cncc(Cl)c2)c(C(C)O)cc1F. The minimum absolute atomic E-state index is 0.378. The van der Waals surface area contributed by atoms with Crippen molar-refractivity contribution < 1.29 is 14.2 Å². The highest BCUT2D eigenvalue weighted by Crippen LogP contribution is 2.32. The largest absolute Gasteiger partial charge is 0.455 e. The number of benzene rings is 1. The number of aliphatic hydroxyl groups is 1. The summed E-state index contributed by atoms with van der Waals surface area (Å²) in [5, 5.41) is 10.1. The van der Waals surface area contributed by atoms with Gasteiger partial charge in [-0.05, 0) is 31.5 Å². The molecule has 0 saturated carbocycles. The van der Waals surface area contributed by atoms with Crippen molar-refractivity contribution in [3.8, 4) is 11.5 Å². The third-order valence-corrected chi connectivity index (χ3v) is 2.86. The average molecular weight is 282 g/mol. The van der Waals surface area contributed by atoms with Crippen molar-refractivity contribution in [2.75, 3.05) is 0 Å². The number of hydrogen-bond donors (Lipinski definition) is 1. The first-order chi connectivity index (χ1) is 8.97. The lowest BCUT2D eigenvalue weighted by Gasteiger charge is -2.14. The van der Waals surface area contributed by atoms with Gasteiger partial charge in [-0.3, -0.25) is 4.98 Å². The number of nitrogens with zero attached hydrogens (tertiary/aromatic N) is 1. The van der Waals surface area contributed by atoms with Gasteiger partial charge in [-0.1, -0.05) is 11.6 Å². The van der Waals surface area contributed by atoms with E-state index >= 15 is 0 Å². The van der Waals surface area contributed by atoms with Gasteiger partial charge in [0.15, 0.2) is 0 Å². The number of halogens is 2. The molecule has 5 heteroatoms. The number of ether oxygens (including phenoxy) is 1. The Balaban J connectivity index is 2.41. The Morgan fingerprint density at radius 2 is 2.05 bits per heavy atom. The summed E-state index contributed by atoms with van der Waals surface area (Å²) in [6, 6.07) is 4.41. The fourth-order valence-corrected chi connectivity index (χ4v) is 1.82. The molecule has 0 fully saturated rings. The van der Waals surface area contributed by atoms with Gasteiger partial charge in [-0.15, -0.1) is 0 Å². The molecule has 1 aromatic carbocycles. The predicted octanol–water partition coefficient (Wildman–Crippen LogP) is 4.03. The second-order valence-corrected chi connectivity index (χ2v) is 4.69. The van der Waals surface area contributed by atoms with Crippen LogP contribution in [0, 0.1) is 12.7 Å². The van der Waals surface area contributed by atoms with E-state index < -0.39 is 6.10 Å². The molecule has 100 valence electrons. The summed E-state index contributed by atoms with van der Waals surface area (Å²) < 4.78 is 19.1. The molecule has 1 N–H and O–H groups in total. The van der Waals surface area contributed by atoms with E-state index in [1.807, 2.05) is 0 Å². The Hall–Kier alpha value is -1.65. The van der Waals surface area contributed by atoms with Gasteiger partial charge in [0.25, 0.3) is 0 Å². The summed E-state index contributed by atoms with van der Waals surface area (Å²) in [5.74, 6) is 0.436. The Morgan fingerprint density at radius 1 is 1.32 bits per heavy atom. The monoisotopic (exact) mass is 281 g/mol. The molecule has 1 aromatic heterocycles. The number of hydrogen-bond acceptors (Lipinski definition) is 3. The van der Waals surface area contributed by atoms with Gasteiger partial charge < -0.3 is 9.84 Å². The first-order valence-corrected chi connectivity index (χ1v) is 6.11. The van der Waals surface area contributed by atoms with Crippen molar-refractivity contribution in [3.63, 3.8) is 0 Å². The van der Waals surface area contributed by atoms with Gasteiger partial charge in [0, 0.05) is 17.8 Å². The third kappa shape index (κ3) is 3.22. The highest BCUT2D eigenvalue weighted by atomic mass is 35.5. The minimum Gasteiger partial charge on any atom is -0.455 e. The van der Waals surface area contributed by atoms with Crippen molar-refractivity contribution in [3.05, 3.63) is 52.6 Å². The van der Waals surface area contributed by atoms with Crippen molar-refractivity contribution in [1.29, 1.82) is 0 Å². The molecule has 2 rings (SSSR count). The zero-order valence-electron chi connectivity index (χ0n) is 10.5. The lowest BCUT2D eigenvalue weighted by molar-refractivity contribution is 0.195. The molecule has 0 radical (unpaired) electrons. The minimum atomic E-state index is -0.836. The molecule has 0 saturated heterocycles. The molecule has 1 unspecified atom stereocenters. The number of aliphatic hydroxyl groups excluding tert-OH is 1. The molecule has 19 heavy (non-hydrogen) atoms. The highest BCUT2D eigenvalue weighted by Gasteiger charge is 2.14. The first-order valence-electron chi connectivity index (χ1n) is 5.74. The summed E-state index contributed by atoms with van der Waals surface area (Å²) in [7, 11) is 0. The second kappa shape index (κ2) is 5.55. The molecule has 1 heterocycles. The Kier molecular flexibility index (Phi) is 4.02. The zero-order chi connectivity index (χ0) is 14.0. The summed E-state index contributed by atoms with van der Waals surface area (Å²) in [6.07, 6.45) is 2.15. The molecule has 1 atom stereocenters. The van der Waals surface area contributed by atoms with Crippen LogP contribution in [0.2, 0.25) is 5.02 Å². The molecule has 2 aromatic rings. The fraction of sp³-hybridized carbons (Fsp3) is 0.214. The molecule has 0 bridgehead atoms. The maximum atomic E-state index is 13.5. The number of pyridine rings is 1. The van der Waals surface area contributed by atoms with Gasteiger partial charge in [0.2, 0.25) is 0 Å². The van der Waals surface area contributed by atoms with Crippen molar-refractivity contribution in [1.82, 2.24) is 4.98 Å². The summed E-state index contributed by atoms with van der Waals surface area (Å²) in [5.41, 5.74) is 0.817. The lowest BCUT2D eigenvalue weighted by atomic mass is 10.1. The predicted molar refractivity (Wildman–Crippen MR) is 71.1 cm³/mol. The quantitative estimate of drug-likeness (QED) is 0.924. The zero-order valence-corrected chi connectivity index (χ0v) is 11.3. The number of aromatic nitrogens is 1. The van der Waals surface area contributed by atoms with Crippen LogP contribution < -0.4 is 4.74 Å². The summed E-state index contributed by atoms with van der Waals surface area (Å²) >= 11 is 5.82. The molecular formula is C14H13ClFNO2. The molecule has 0 aliphatic carbocycles. The van der Waals surface area contributed by atoms with Crippen molar-refractivity contribution >= 4 is 11.6 Å².